The number of rotatable bonds is 3. The van der Waals surface area contributed by atoms with Crippen LogP contribution in [0.4, 0.5) is 5.82 Å². The molecule has 0 amide bonds. The number of hydrogen-bond donors (Lipinski definition) is 0. The van der Waals surface area contributed by atoms with E-state index in [1.165, 1.54) is 25.9 Å². The molecule has 0 aliphatic carbocycles. The second-order valence-corrected chi connectivity index (χ2v) is 5.57. The van der Waals surface area contributed by atoms with E-state index in [1.54, 1.807) is 6.20 Å². The van der Waals surface area contributed by atoms with Crippen molar-refractivity contribution < 1.29 is 0 Å². The Labute approximate surface area is 115 Å². The van der Waals surface area contributed by atoms with E-state index in [4.69, 9.17) is 0 Å². The van der Waals surface area contributed by atoms with Crippen LogP contribution < -0.4 is 4.90 Å². The van der Waals surface area contributed by atoms with Gasteiger partial charge in [-0.3, -0.25) is 0 Å². The molecule has 0 saturated carbocycles. The summed E-state index contributed by atoms with van der Waals surface area (Å²) in [5.41, 5.74) is 1.71. The van der Waals surface area contributed by atoms with E-state index >= 15 is 0 Å². The van der Waals surface area contributed by atoms with Gasteiger partial charge in [0.2, 0.25) is 0 Å². The van der Waals surface area contributed by atoms with Crippen LogP contribution in [-0.2, 0) is 0 Å². The second kappa shape index (κ2) is 6.03. The Kier molecular flexibility index (Phi) is 4.39. The smallest absolute Gasteiger partial charge is 0.146 e. The lowest BCUT2D eigenvalue weighted by Gasteiger charge is -2.32. The van der Waals surface area contributed by atoms with Gasteiger partial charge in [0.1, 0.15) is 11.9 Å². The topological polar surface area (TPSA) is 43.2 Å². The van der Waals surface area contributed by atoms with E-state index in [0.29, 0.717) is 11.5 Å². The molecule has 102 valence electrons. The highest BCUT2D eigenvalue weighted by molar-refractivity contribution is 5.56. The predicted octanol–water partition coefficient (Wildman–Crippen LogP) is 2.04. The SMILES string of the molecule is Cc1ccnc(N(C)CC2CCN(C)CC2)c1C#N. The third kappa shape index (κ3) is 3.24. The fourth-order valence-electron chi connectivity index (χ4n) is 2.69. The van der Waals surface area contributed by atoms with Gasteiger partial charge in [-0.2, -0.15) is 5.26 Å². The van der Waals surface area contributed by atoms with Gasteiger partial charge in [0.05, 0.1) is 5.56 Å². The standard InChI is InChI=1S/C15H22N4/c1-12-4-7-17-15(14(12)10-16)19(3)11-13-5-8-18(2)9-6-13/h4,7,13H,5-6,8-9,11H2,1-3H3. The van der Waals surface area contributed by atoms with E-state index in [2.05, 4.69) is 27.9 Å². The summed E-state index contributed by atoms with van der Waals surface area (Å²) in [6.07, 6.45) is 4.25. The third-order valence-electron chi connectivity index (χ3n) is 3.98. The van der Waals surface area contributed by atoms with Gasteiger partial charge in [0.25, 0.3) is 0 Å². The summed E-state index contributed by atoms with van der Waals surface area (Å²) in [4.78, 5) is 8.90. The van der Waals surface area contributed by atoms with Crippen LogP contribution in [0.5, 0.6) is 0 Å². The monoisotopic (exact) mass is 258 g/mol. The normalized spacial score (nSPS) is 17.2. The third-order valence-corrected chi connectivity index (χ3v) is 3.98. The molecule has 0 N–H and O–H groups in total. The minimum atomic E-state index is 0.704. The maximum absolute atomic E-state index is 9.27. The van der Waals surface area contributed by atoms with Gasteiger partial charge in [-0.05, 0) is 57.5 Å². The van der Waals surface area contributed by atoms with E-state index in [1.807, 2.05) is 20.0 Å². The van der Waals surface area contributed by atoms with Crippen molar-refractivity contribution in [2.24, 2.45) is 5.92 Å². The molecule has 1 aromatic heterocycles. The molecule has 0 aromatic carbocycles. The quantitative estimate of drug-likeness (QED) is 0.832. The molecule has 1 aliphatic heterocycles. The summed E-state index contributed by atoms with van der Waals surface area (Å²) in [6, 6.07) is 4.17. The lowest BCUT2D eigenvalue weighted by Crippen LogP contribution is -2.36. The Bertz CT molecular complexity index is 470. The number of nitriles is 1. The molecule has 2 heterocycles. The van der Waals surface area contributed by atoms with Crippen molar-refractivity contribution in [1.29, 1.82) is 5.26 Å². The lowest BCUT2D eigenvalue weighted by molar-refractivity contribution is 0.222. The average Bonchev–Trinajstić information content (AvgIpc) is 2.41. The molecule has 0 radical (unpaired) electrons. The highest BCUT2D eigenvalue weighted by atomic mass is 15.2. The van der Waals surface area contributed by atoms with E-state index in [0.717, 1.165) is 17.9 Å². The van der Waals surface area contributed by atoms with Gasteiger partial charge in [-0.15, -0.1) is 0 Å². The second-order valence-electron chi connectivity index (χ2n) is 5.57. The minimum absolute atomic E-state index is 0.704. The van der Waals surface area contributed by atoms with Crippen LogP contribution in [-0.4, -0.2) is 43.6 Å². The molecule has 0 unspecified atom stereocenters. The van der Waals surface area contributed by atoms with Crippen molar-refractivity contribution in [3.63, 3.8) is 0 Å². The molecule has 1 fully saturated rings. The molecule has 1 aromatic rings. The zero-order valence-corrected chi connectivity index (χ0v) is 12.1. The summed E-state index contributed by atoms with van der Waals surface area (Å²) in [6.45, 7) is 5.29. The highest BCUT2D eigenvalue weighted by Gasteiger charge is 2.20. The van der Waals surface area contributed by atoms with E-state index in [9.17, 15) is 5.26 Å². The van der Waals surface area contributed by atoms with Gasteiger partial charge in [0.15, 0.2) is 0 Å². The fraction of sp³-hybridized carbons (Fsp3) is 0.600. The summed E-state index contributed by atoms with van der Waals surface area (Å²) in [7, 11) is 4.22. The Morgan fingerprint density at radius 3 is 2.79 bits per heavy atom. The van der Waals surface area contributed by atoms with Crippen LogP contribution in [0, 0.1) is 24.2 Å². The Morgan fingerprint density at radius 2 is 2.16 bits per heavy atom. The number of anilines is 1. The van der Waals surface area contributed by atoms with E-state index < -0.39 is 0 Å². The molecule has 19 heavy (non-hydrogen) atoms. The lowest BCUT2D eigenvalue weighted by atomic mass is 9.96. The van der Waals surface area contributed by atoms with Gasteiger partial charge in [-0.25, -0.2) is 4.98 Å². The number of nitrogens with zero attached hydrogens (tertiary/aromatic N) is 4. The number of piperidine rings is 1. The first-order chi connectivity index (χ1) is 9.11. The fourth-order valence-corrected chi connectivity index (χ4v) is 2.69. The molecule has 0 atom stereocenters. The number of hydrogen-bond acceptors (Lipinski definition) is 4. The highest BCUT2D eigenvalue weighted by Crippen LogP contribution is 2.23. The predicted molar refractivity (Wildman–Crippen MR) is 77.2 cm³/mol. The first kappa shape index (κ1) is 13.8. The van der Waals surface area contributed by atoms with Crippen molar-refractivity contribution in [3.05, 3.63) is 23.4 Å². The van der Waals surface area contributed by atoms with Crippen LogP contribution in [0.2, 0.25) is 0 Å². The molecular weight excluding hydrogens is 236 g/mol. The average molecular weight is 258 g/mol. The van der Waals surface area contributed by atoms with Gasteiger partial charge >= 0.3 is 0 Å². The first-order valence-electron chi connectivity index (χ1n) is 6.87. The largest absolute Gasteiger partial charge is 0.358 e. The van der Waals surface area contributed by atoms with Gasteiger partial charge < -0.3 is 9.80 Å². The summed E-state index contributed by atoms with van der Waals surface area (Å²) in [5.74, 6) is 1.52. The number of pyridine rings is 1. The van der Waals surface area contributed by atoms with Crippen LogP contribution in [0.15, 0.2) is 12.3 Å². The summed E-state index contributed by atoms with van der Waals surface area (Å²) in [5, 5.41) is 9.27. The van der Waals surface area contributed by atoms with Crippen LogP contribution in [0.1, 0.15) is 24.0 Å². The number of aromatic nitrogens is 1. The first-order valence-corrected chi connectivity index (χ1v) is 6.87. The zero-order chi connectivity index (χ0) is 13.8. The maximum atomic E-state index is 9.27. The molecular formula is C15H22N4. The van der Waals surface area contributed by atoms with Crippen LogP contribution in [0.3, 0.4) is 0 Å². The number of likely N-dealkylation sites (tertiary alicyclic amines) is 1. The molecule has 4 nitrogen and oxygen atoms in total. The van der Waals surface area contributed by atoms with Gasteiger partial charge in [-0.1, -0.05) is 0 Å². The van der Waals surface area contributed by atoms with Crippen molar-refractivity contribution in [2.45, 2.75) is 19.8 Å². The van der Waals surface area contributed by atoms with Crippen LogP contribution >= 0.6 is 0 Å². The van der Waals surface area contributed by atoms with Crippen molar-refractivity contribution in [3.8, 4) is 6.07 Å². The molecule has 4 heteroatoms. The Hall–Kier alpha value is -1.60. The summed E-state index contributed by atoms with van der Waals surface area (Å²) >= 11 is 0. The van der Waals surface area contributed by atoms with Crippen molar-refractivity contribution in [1.82, 2.24) is 9.88 Å². The van der Waals surface area contributed by atoms with Crippen molar-refractivity contribution >= 4 is 5.82 Å². The van der Waals surface area contributed by atoms with Crippen molar-refractivity contribution in [2.75, 3.05) is 38.6 Å². The molecule has 0 bridgehead atoms. The Morgan fingerprint density at radius 1 is 1.47 bits per heavy atom. The maximum Gasteiger partial charge on any atom is 0.146 e. The minimum Gasteiger partial charge on any atom is -0.358 e. The molecule has 0 spiro atoms. The van der Waals surface area contributed by atoms with Crippen LogP contribution in [0.25, 0.3) is 0 Å². The van der Waals surface area contributed by atoms with Gasteiger partial charge in [0, 0.05) is 19.8 Å². The molecule has 2 rings (SSSR count). The summed E-state index contributed by atoms with van der Waals surface area (Å²) < 4.78 is 0. The van der Waals surface area contributed by atoms with E-state index in [-0.39, 0.29) is 0 Å². The molecule has 1 aliphatic rings. The zero-order valence-electron chi connectivity index (χ0n) is 12.1. The Balaban J connectivity index is 2.06. The number of aryl methyl sites for hydroxylation is 1. The molecule has 1 saturated heterocycles.